The minimum Gasteiger partial charge on any atom is -0.456 e. The van der Waals surface area contributed by atoms with E-state index in [2.05, 4.69) is 0 Å². The minimum atomic E-state index is -0.00231. The molecule has 0 spiro atoms. The third-order valence-electron chi connectivity index (χ3n) is 3.06. The van der Waals surface area contributed by atoms with E-state index < -0.39 is 0 Å². The molecule has 1 aliphatic rings. The Morgan fingerprint density at radius 3 is 2.47 bits per heavy atom. The molecule has 4 nitrogen and oxygen atoms in total. The number of likely N-dealkylation sites (tertiary alicyclic amines) is 1. The molecular weight excluding hydrogens is 240 g/mol. The van der Waals surface area contributed by atoms with Gasteiger partial charge in [-0.05, 0) is 32.8 Å². The predicted octanol–water partition coefficient (Wildman–Crippen LogP) is 1.88. The molecule has 96 valence electrons. The highest BCUT2D eigenvalue weighted by Gasteiger charge is 2.25. The van der Waals surface area contributed by atoms with Crippen molar-refractivity contribution in [1.82, 2.24) is 4.90 Å². The molecule has 0 atom stereocenters. The number of nitrogens with zero attached hydrogens (tertiary/aromatic N) is 1. The highest BCUT2D eigenvalue weighted by Crippen LogP contribution is 2.18. The van der Waals surface area contributed by atoms with E-state index in [4.69, 9.17) is 10.2 Å². The molecule has 0 unspecified atom stereocenters. The lowest BCUT2D eigenvalue weighted by molar-refractivity contribution is 0.0680. The molecule has 0 radical (unpaired) electrons. The first-order valence-corrected chi connectivity index (χ1v) is 5.70. The number of rotatable bonds is 1. The zero-order valence-electron chi connectivity index (χ0n) is 10.2. The van der Waals surface area contributed by atoms with Crippen molar-refractivity contribution < 1.29 is 9.21 Å². The second kappa shape index (κ2) is 5.56. The number of nitrogens with two attached hydrogens (primary N) is 1. The van der Waals surface area contributed by atoms with Gasteiger partial charge in [0, 0.05) is 24.7 Å². The third kappa shape index (κ3) is 3.01. The number of furan rings is 1. The Morgan fingerprint density at radius 1 is 1.41 bits per heavy atom. The van der Waals surface area contributed by atoms with E-state index in [1.807, 2.05) is 24.8 Å². The predicted molar refractivity (Wildman–Crippen MR) is 68.5 cm³/mol. The summed E-state index contributed by atoms with van der Waals surface area (Å²) in [6.07, 6.45) is 1.76. The van der Waals surface area contributed by atoms with Crippen LogP contribution in [0, 0.1) is 13.8 Å². The summed E-state index contributed by atoms with van der Waals surface area (Å²) in [6, 6.07) is 2.13. The van der Waals surface area contributed by atoms with Crippen LogP contribution in [0.4, 0.5) is 0 Å². The minimum absolute atomic E-state index is 0. The molecule has 17 heavy (non-hydrogen) atoms. The van der Waals surface area contributed by atoms with E-state index >= 15 is 0 Å². The lowest BCUT2D eigenvalue weighted by Gasteiger charge is -2.29. The molecule has 0 saturated carbocycles. The lowest BCUT2D eigenvalue weighted by atomic mass is 10.1. The van der Waals surface area contributed by atoms with Crippen molar-refractivity contribution in [1.29, 1.82) is 0 Å². The first-order chi connectivity index (χ1) is 7.58. The highest BCUT2D eigenvalue weighted by molar-refractivity contribution is 5.93. The molecule has 5 heteroatoms. The summed E-state index contributed by atoms with van der Waals surface area (Å²) in [5.74, 6) is 1.26. The van der Waals surface area contributed by atoms with Gasteiger partial charge in [0.15, 0.2) is 5.76 Å². The number of piperidine rings is 1. The van der Waals surface area contributed by atoms with Crippen LogP contribution < -0.4 is 5.73 Å². The molecule has 1 aromatic heterocycles. The topological polar surface area (TPSA) is 59.5 Å². The van der Waals surface area contributed by atoms with Gasteiger partial charge in [-0.25, -0.2) is 0 Å². The van der Waals surface area contributed by atoms with Gasteiger partial charge in [0.05, 0.1) is 0 Å². The van der Waals surface area contributed by atoms with Crippen molar-refractivity contribution in [2.45, 2.75) is 32.7 Å². The zero-order valence-corrected chi connectivity index (χ0v) is 11.0. The largest absolute Gasteiger partial charge is 0.456 e. The molecular formula is C12H19ClN2O2. The van der Waals surface area contributed by atoms with Gasteiger partial charge < -0.3 is 15.1 Å². The maximum atomic E-state index is 12.1. The molecule has 2 N–H and O–H groups in total. The van der Waals surface area contributed by atoms with Crippen LogP contribution in [0.1, 0.15) is 34.7 Å². The fraction of sp³-hybridized carbons (Fsp3) is 0.583. The number of hydrogen-bond acceptors (Lipinski definition) is 3. The zero-order chi connectivity index (χ0) is 11.7. The van der Waals surface area contributed by atoms with Gasteiger partial charge in [-0.2, -0.15) is 0 Å². The molecule has 1 amide bonds. The summed E-state index contributed by atoms with van der Waals surface area (Å²) in [5, 5.41) is 0. The Morgan fingerprint density at radius 2 is 2.00 bits per heavy atom. The number of aryl methyl sites for hydroxylation is 2. The van der Waals surface area contributed by atoms with Crippen LogP contribution in [0.2, 0.25) is 0 Å². The first kappa shape index (κ1) is 14.1. The van der Waals surface area contributed by atoms with Crippen LogP contribution in [-0.2, 0) is 0 Å². The average molecular weight is 259 g/mol. The van der Waals surface area contributed by atoms with Crippen LogP contribution in [0.5, 0.6) is 0 Å². The lowest BCUT2D eigenvalue weighted by Crippen LogP contribution is -2.42. The summed E-state index contributed by atoms with van der Waals surface area (Å²) < 4.78 is 5.43. The second-order valence-electron chi connectivity index (χ2n) is 4.50. The summed E-state index contributed by atoms with van der Waals surface area (Å²) in [7, 11) is 0. The van der Waals surface area contributed by atoms with Crippen LogP contribution in [0.25, 0.3) is 0 Å². The fourth-order valence-electron chi connectivity index (χ4n) is 2.10. The number of carbonyl (C=O) groups is 1. The molecule has 1 aromatic rings. The standard InChI is InChI=1S/C12H18N2O2.ClH/c1-8-7-9(2)16-11(8)12(15)14-5-3-10(13)4-6-14;/h7,10H,3-6,13H2,1-2H3;1H. The van der Waals surface area contributed by atoms with Gasteiger partial charge in [0.25, 0.3) is 5.91 Å². The van der Waals surface area contributed by atoms with Gasteiger partial charge in [-0.3, -0.25) is 4.79 Å². The van der Waals surface area contributed by atoms with Crippen molar-refractivity contribution in [3.05, 3.63) is 23.2 Å². The Balaban J connectivity index is 0.00000144. The van der Waals surface area contributed by atoms with Crippen molar-refractivity contribution in [3.63, 3.8) is 0 Å². The fourth-order valence-corrected chi connectivity index (χ4v) is 2.10. The van der Waals surface area contributed by atoms with Crippen molar-refractivity contribution in [2.24, 2.45) is 5.73 Å². The molecule has 2 heterocycles. The van der Waals surface area contributed by atoms with E-state index in [1.54, 1.807) is 0 Å². The van der Waals surface area contributed by atoms with E-state index in [1.165, 1.54) is 0 Å². The molecule has 0 bridgehead atoms. The monoisotopic (exact) mass is 258 g/mol. The smallest absolute Gasteiger partial charge is 0.289 e. The molecule has 0 aromatic carbocycles. The van der Waals surface area contributed by atoms with Gasteiger partial charge in [-0.1, -0.05) is 0 Å². The second-order valence-corrected chi connectivity index (χ2v) is 4.50. The maximum absolute atomic E-state index is 12.1. The van der Waals surface area contributed by atoms with Crippen molar-refractivity contribution >= 4 is 18.3 Å². The SMILES string of the molecule is Cc1cc(C)c(C(=O)N2CCC(N)CC2)o1.Cl. The van der Waals surface area contributed by atoms with Gasteiger partial charge >= 0.3 is 0 Å². The summed E-state index contributed by atoms with van der Waals surface area (Å²) in [4.78, 5) is 14.0. The van der Waals surface area contributed by atoms with E-state index in [0.29, 0.717) is 5.76 Å². The number of hydrogen-bond donors (Lipinski definition) is 1. The molecule has 1 fully saturated rings. The number of carbonyl (C=O) groups excluding carboxylic acids is 1. The van der Waals surface area contributed by atoms with Gasteiger partial charge in [0.1, 0.15) is 5.76 Å². The normalized spacial score (nSPS) is 16.8. The van der Waals surface area contributed by atoms with Crippen LogP contribution >= 0.6 is 12.4 Å². The Kier molecular flexibility index (Phi) is 4.60. The third-order valence-corrected chi connectivity index (χ3v) is 3.06. The van der Waals surface area contributed by atoms with Crippen molar-refractivity contribution in [2.75, 3.05) is 13.1 Å². The van der Waals surface area contributed by atoms with E-state index in [0.717, 1.165) is 37.3 Å². The molecule has 1 saturated heterocycles. The Hall–Kier alpha value is -1.00. The number of halogens is 1. The summed E-state index contributed by atoms with van der Waals surface area (Å²) >= 11 is 0. The Bertz CT molecular complexity index is 395. The van der Waals surface area contributed by atoms with Gasteiger partial charge in [-0.15, -0.1) is 12.4 Å². The molecule has 0 aliphatic carbocycles. The quantitative estimate of drug-likeness (QED) is 0.837. The summed E-state index contributed by atoms with van der Waals surface area (Å²) in [6.45, 7) is 5.23. The summed E-state index contributed by atoms with van der Waals surface area (Å²) in [5.41, 5.74) is 6.72. The van der Waals surface area contributed by atoms with Crippen LogP contribution in [-0.4, -0.2) is 29.9 Å². The Labute approximate surface area is 108 Å². The van der Waals surface area contributed by atoms with E-state index in [-0.39, 0.29) is 24.4 Å². The van der Waals surface area contributed by atoms with E-state index in [9.17, 15) is 4.79 Å². The maximum Gasteiger partial charge on any atom is 0.289 e. The highest BCUT2D eigenvalue weighted by atomic mass is 35.5. The van der Waals surface area contributed by atoms with Crippen molar-refractivity contribution in [3.8, 4) is 0 Å². The van der Waals surface area contributed by atoms with Crippen LogP contribution in [0.3, 0.4) is 0 Å². The number of amides is 1. The molecule has 2 rings (SSSR count). The first-order valence-electron chi connectivity index (χ1n) is 5.70. The van der Waals surface area contributed by atoms with Crippen LogP contribution in [0.15, 0.2) is 10.5 Å². The molecule has 1 aliphatic heterocycles. The van der Waals surface area contributed by atoms with Gasteiger partial charge in [0.2, 0.25) is 0 Å². The average Bonchev–Trinajstić information content (AvgIpc) is 2.58.